The summed E-state index contributed by atoms with van der Waals surface area (Å²) in [5, 5.41) is 3.34. The molecule has 1 aliphatic heterocycles. The van der Waals surface area contributed by atoms with Crippen LogP contribution in [0.15, 0.2) is 53.5 Å². The Morgan fingerprint density at radius 3 is 2.63 bits per heavy atom. The first kappa shape index (κ1) is 19.1. The van der Waals surface area contributed by atoms with E-state index < -0.39 is 18.2 Å². The number of anilines is 1. The summed E-state index contributed by atoms with van der Waals surface area (Å²) in [5.41, 5.74) is 8.79. The van der Waals surface area contributed by atoms with Crippen LogP contribution < -0.4 is 16.0 Å². The Labute approximate surface area is 163 Å². The summed E-state index contributed by atoms with van der Waals surface area (Å²) >= 11 is 6.23. The van der Waals surface area contributed by atoms with Crippen molar-refractivity contribution in [2.24, 2.45) is 10.7 Å². The summed E-state index contributed by atoms with van der Waals surface area (Å²) in [4.78, 5) is 30.6. The lowest BCUT2D eigenvalue weighted by atomic mass is 10.0. The van der Waals surface area contributed by atoms with E-state index in [-0.39, 0.29) is 5.91 Å². The van der Waals surface area contributed by atoms with E-state index in [4.69, 9.17) is 22.3 Å². The van der Waals surface area contributed by atoms with Gasteiger partial charge in [0.25, 0.3) is 0 Å². The van der Waals surface area contributed by atoms with Gasteiger partial charge < -0.3 is 20.7 Å². The van der Waals surface area contributed by atoms with Crippen molar-refractivity contribution in [3.05, 3.63) is 64.7 Å². The van der Waals surface area contributed by atoms with Crippen LogP contribution in [0, 0.1) is 0 Å². The largest absolute Gasteiger partial charge is 0.361 e. The van der Waals surface area contributed by atoms with E-state index in [1.807, 2.05) is 42.5 Å². The first-order chi connectivity index (χ1) is 12.9. The zero-order valence-corrected chi connectivity index (χ0v) is 15.9. The van der Waals surface area contributed by atoms with E-state index >= 15 is 0 Å². The number of nitrogens with one attached hydrogen (secondary N) is 1. The van der Waals surface area contributed by atoms with Crippen molar-refractivity contribution < 1.29 is 9.59 Å². The topological polar surface area (TPSA) is 87.8 Å². The van der Waals surface area contributed by atoms with Gasteiger partial charge in [-0.15, -0.1) is 0 Å². The predicted octanol–water partition coefficient (Wildman–Crippen LogP) is 1.98. The molecule has 2 aromatic rings. The lowest BCUT2D eigenvalue weighted by molar-refractivity contribution is -0.122. The molecule has 2 unspecified atom stereocenters. The van der Waals surface area contributed by atoms with Gasteiger partial charge in [0.15, 0.2) is 0 Å². The SMILES string of the molecule is C[C@H](N)C(=O)NC1N=C(c2ccccc2)c2cc(Cl)ccc2N(C)C1C=O. The minimum Gasteiger partial charge on any atom is -0.361 e. The van der Waals surface area contributed by atoms with Crippen LogP contribution in [0.2, 0.25) is 5.02 Å². The smallest absolute Gasteiger partial charge is 0.238 e. The Morgan fingerprint density at radius 1 is 1.30 bits per heavy atom. The maximum atomic E-state index is 12.2. The predicted molar refractivity (Wildman–Crippen MR) is 107 cm³/mol. The number of nitrogens with zero attached hydrogens (tertiary/aromatic N) is 2. The summed E-state index contributed by atoms with van der Waals surface area (Å²) in [5.74, 6) is -0.375. The van der Waals surface area contributed by atoms with Crippen LogP contribution in [0.25, 0.3) is 0 Å². The highest BCUT2D eigenvalue weighted by molar-refractivity contribution is 6.31. The molecule has 3 N–H and O–H groups in total. The zero-order chi connectivity index (χ0) is 19.6. The fourth-order valence-electron chi connectivity index (χ4n) is 3.05. The van der Waals surface area contributed by atoms with Gasteiger partial charge in [0, 0.05) is 28.9 Å². The highest BCUT2D eigenvalue weighted by Crippen LogP contribution is 2.31. The summed E-state index contributed by atoms with van der Waals surface area (Å²) in [7, 11) is 1.79. The molecule has 2 aromatic carbocycles. The second-order valence-corrected chi connectivity index (χ2v) is 6.92. The number of benzodiazepines with no additional fused rings is 1. The van der Waals surface area contributed by atoms with Crippen LogP contribution >= 0.6 is 11.6 Å². The first-order valence-electron chi connectivity index (χ1n) is 8.59. The highest BCUT2D eigenvalue weighted by atomic mass is 35.5. The molecular formula is C20H21ClN4O2. The number of aliphatic imine (C=N–C) groups is 1. The van der Waals surface area contributed by atoms with Gasteiger partial charge in [-0.05, 0) is 25.1 Å². The van der Waals surface area contributed by atoms with E-state index in [1.54, 1.807) is 24.9 Å². The number of amides is 1. The number of carbonyl (C=O) groups excluding carboxylic acids is 2. The molecule has 0 bridgehead atoms. The van der Waals surface area contributed by atoms with Gasteiger partial charge in [0.05, 0.1) is 11.8 Å². The van der Waals surface area contributed by atoms with Crippen molar-refractivity contribution in [1.82, 2.24) is 5.32 Å². The Balaban J connectivity index is 2.20. The maximum absolute atomic E-state index is 12.2. The number of halogens is 1. The Kier molecular flexibility index (Phi) is 5.58. The fraction of sp³-hybridized carbons (Fsp3) is 0.250. The lowest BCUT2D eigenvalue weighted by Gasteiger charge is -2.29. The molecule has 140 valence electrons. The van der Waals surface area contributed by atoms with Gasteiger partial charge in [-0.25, -0.2) is 0 Å². The standard InChI is InChI=1S/C20H21ClN4O2/c1-12(22)20(27)24-19-17(11-26)25(2)16-9-8-14(21)10-15(16)18(23-19)13-6-4-3-5-7-13/h3-12,17,19H,22H2,1-2H3,(H,24,27)/t12-,17?,19?/m0/s1. The Bertz CT molecular complexity index is 883. The summed E-state index contributed by atoms with van der Waals surface area (Å²) in [6.45, 7) is 1.59. The molecule has 0 aromatic heterocycles. The number of fused-ring (bicyclic) bond motifs is 1. The van der Waals surface area contributed by atoms with Crippen molar-refractivity contribution in [2.45, 2.75) is 25.2 Å². The van der Waals surface area contributed by atoms with Crippen LogP contribution in [0.3, 0.4) is 0 Å². The van der Waals surface area contributed by atoms with Gasteiger partial charge in [0.2, 0.25) is 5.91 Å². The molecule has 6 nitrogen and oxygen atoms in total. The number of nitrogens with two attached hydrogens (primary N) is 1. The Morgan fingerprint density at radius 2 is 2.00 bits per heavy atom. The third-order valence-electron chi connectivity index (χ3n) is 4.52. The highest BCUT2D eigenvalue weighted by Gasteiger charge is 2.33. The zero-order valence-electron chi connectivity index (χ0n) is 15.1. The lowest BCUT2D eigenvalue weighted by Crippen LogP contribution is -2.53. The number of benzene rings is 2. The maximum Gasteiger partial charge on any atom is 0.238 e. The quantitative estimate of drug-likeness (QED) is 0.789. The molecule has 0 fully saturated rings. The van der Waals surface area contributed by atoms with Gasteiger partial charge in [-0.1, -0.05) is 41.9 Å². The van der Waals surface area contributed by atoms with Crippen molar-refractivity contribution in [3.63, 3.8) is 0 Å². The summed E-state index contributed by atoms with van der Waals surface area (Å²) in [6.07, 6.45) is -0.00512. The minimum atomic E-state index is -0.785. The van der Waals surface area contributed by atoms with E-state index in [9.17, 15) is 9.59 Å². The van der Waals surface area contributed by atoms with E-state index in [0.717, 1.165) is 23.1 Å². The molecule has 0 radical (unpaired) electrons. The molecule has 1 amide bonds. The second kappa shape index (κ2) is 7.90. The molecular weight excluding hydrogens is 364 g/mol. The fourth-order valence-corrected chi connectivity index (χ4v) is 3.22. The van der Waals surface area contributed by atoms with Crippen LogP contribution in [-0.2, 0) is 9.59 Å². The molecule has 3 rings (SSSR count). The van der Waals surface area contributed by atoms with Gasteiger partial charge in [0.1, 0.15) is 18.5 Å². The molecule has 3 atom stereocenters. The molecule has 0 saturated carbocycles. The number of carbonyl (C=O) groups is 2. The second-order valence-electron chi connectivity index (χ2n) is 6.48. The summed E-state index contributed by atoms with van der Waals surface area (Å²) in [6, 6.07) is 13.6. The Hall–Kier alpha value is -2.70. The molecule has 0 spiro atoms. The molecule has 0 saturated heterocycles. The molecule has 1 heterocycles. The average molecular weight is 385 g/mol. The monoisotopic (exact) mass is 384 g/mol. The van der Waals surface area contributed by atoms with Crippen LogP contribution in [-0.4, -0.2) is 43.2 Å². The van der Waals surface area contributed by atoms with Crippen molar-refractivity contribution in [1.29, 1.82) is 0 Å². The molecule has 27 heavy (non-hydrogen) atoms. The van der Waals surface area contributed by atoms with E-state index in [1.165, 1.54) is 0 Å². The van der Waals surface area contributed by atoms with Gasteiger partial charge in [-0.2, -0.15) is 0 Å². The molecule has 7 heteroatoms. The molecule has 0 aliphatic carbocycles. The van der Waals surface area contributed by atoms with Crippen molar-refractivity contribution in [2.75, 3.05) is 11.9 Å². The van der Waals surface area contributed by atoms with Gasteiger partial charge >= 0.3 is 0 Å². The first-order valence-corrected chi connectivity index (χ1v) is 8.97. The average Bonchev–Trinajstić information content (AvgIpc) is 2.76. The number of likely N-dealkylation sites (N-methyl/N-ethyl adjacent to an activating group) is 1. The normalized spacial score (nSPS) is 20.1. The third-order valence-corrected chi connectivity index (χ3v) is 4.76. The van der Waals surface area contributed by atoms with Crippen molar-refractivity contribution >= 4 is 35.2 Å². The molecule has 1 aliphatic rings. The third kappa shape index (κ3) is 3.86. The minimum absolute atomic E-state index is 0.375. The van der Waals surface area contributed by atoms with Crippen molar-refractivity contribution in [3.8, 4) is 0 Å². The van der Waals surface area contributed by atoms with Crippen LogP contribution in [0.5, 0.6) is 0 Å². The van der Waals surface area contributed by atoms with Gasteiger partial charge in [-0.3, -0.25) is 9.79 Å². The number of rotatable bonds is 4. The van der Waals surface area contributed by atoms with E-state index in [2.05, 4.69) is 5.32 Å². The number of hydrogen-bond acceptors (Lipinski definition) is 5. The number of hydrogen-bond donors (Lipinski definition) is 2. The van der Waals surface area contributed by atoms with Crippen LogP contribution in [0.1, 0.15) is 18.1 Å². The van der Waals surface area contributed by atoms with Crippen LogP contribution in [0.4, 0.5) is 5.69 Å². The van der Waals surface area contributed by atoms with E-state index in [0.29, 0.717) is 10.7 Å². The summed E-state index contributed by atoms with van der Waals surface area (Å²) < 4.78 is 0. The number of aldehydes is 1.